The SMILES string of the molecule is O=C(O)c1cc(C2CC2)c2nc(C(F)F)cn2c1. The van der Waals surface area contributed by atoms with Gasteiger partial charge in [0.05, 0.1) is 5.56 Å². The molecule has 1 fully saturated rings. The Kier molecular flexibility index (Phi) is 2.33. The van der Waals surface area contributed by atoms with E-state index >= 15 is 0 Å². The van der Waals surface area contributed by atoms with Crippen LogP contribution in [0.2, 0.25) is 0 Å². The van der Waals surface area contributed by atoms with Crippen molar-refractivity contribution in [1.82, 2.24) is 9.38 Å². The van der Waals surface area contributed by atoms with Gasteiger partial charge in [-0.1, -0.05) is 0 Å². The molecule has 1 N–H and O–H groups in total. The van der Waals surface area contributed by atoms with Crippen molar-refractivity contribution in [3.63, 3.8) is 0 Å². The van der Waals surface area contributed by atoms with Crippen LogP contribution in [-0.4, -0.2) is 20.5 Å². The lowest BCUT2D eigenvalue weighted by molar-refractivity contribution is 0.0696. The summed E-state index contributed by atoms with van der Waals surface area (Å²) in [5.41, 5.74) is 0.974. The first-order chi connectivity index (χ1) is 8.56. The quantitative estimate of drug-likeness (QED) is 0.913. The first kappa shape index (κ1) is 11.1. The molecular weight excluding hydrogens is 242 g/mol. The Hall–Kier alpha value is -1.98. The van der Waals surface area contributed by atoms with Gasteiger partial charge in [-0.3, -0.25) is 0 Å². The smallest absolute Gasteiger partial charge is 0.337 e. The lowest BCUT2D eigenvalue weighted by Crippen LogP contribution is -2.01. The molecule has 1 aliphatic rings. The number of aromatic nitrogens is 2. The average Bonchev–Trinajstić information content (AvgIpc) is 3.05. The Morgan fingerprint density at radius 3 is 2.72 bits per heavy atom. The van der Waals surface area contributed by atoms with E-state index in [9.17, 15) is 13.6 Å². The number of hydrogen-bond acceptors (Lipinski definition) is 2. The molecule has 18 heavy (non-hydrogen) atoms. The molecule has 2 aromatic heterocycles. The molecular formula is C12H10F2N2O2. The van der Waals surface area contributed by atoms with Gasteiger partial charge in [-0.05, 0) is 30.4 Å². The number of rotatable bonds is 3. The fraction of sp³-hybridized carbons (Fsp3) is 0.333. The second-order valence-electron chi connectivity index (χ2n) is 4.46. The van der Waals surface area contributed by atoms with Crippen LogP contribution in [0.25, 0.3) is 5.65 Å². The maximum absolute atomic E-state index is 12.6. The van der Waals surface area contributed by atoms with Crippen LogP contribution in [0.15, 0.2) is 18.5 Å². The van der Waals surface area contributed by atoms with Crippen LogP contribution in [0.1, 0.15) is 46.8 Å². The molecule has 4 nitrogen and oxygen atoms in total. The Labute approximate surface area is 101 Å². The number of nitrogens with zero attached hydrogens (tertiary/aromatic N) is 2. The zero-order valence-electron chi connectivity index (χ0n) is 9.31. The minimum absolute atomic E-state index is 0.0996. The van der Waals surface area contributed by atoms with E-state index in [1.807, 2.05) is 0 Å². The fourth-order valence-corrected chi connectivity index (χ4v) is 2.06. The molecule has 0 spiro atoms. The number of carbonyl (C=O) groups is 1. The summed E-state index contributed by atoms with van der Waals surface area (Å²) in [5.74, 6) is -0.814. The van der Waals surface area contributed by atoms with E-state index in [1.165, 1.54) is 22.9 Å². The Morgan fingerprint density at radius 2 is 2.17 bits per heavy atom. The standard InChI is InChI=1S/C12H10F2N2O2/c13-10(14)9-5-16-4-7(12(17)18)3-8(6-1-2-6)11(16)15-9/h3-6,10H,1-2H2,(H,17,18). The van der Waals surface area contributed by atoms with Gasteiger partial charge in [0, 0.05) is 12.4 Å². The second kappa shape index (κ2) is 3.76. The largest absolute Gasteiger partial charge is 0.478 e. The number of aromatic carboxylic acids is 1. The van der Waals surface area contributed by atoms with Crippen molar-refractivity contribution in [3.05, 3.63) is 35.3 Å². The van der Waals surface area contributed by atoms with E-state index in [4.69, 9.17) is 5.11 Å². The minimum Gasteiger partial charge on any atom is -0.478 e. The third kappa shape index (κ3) is 1.73. The highest BCUT2D eigenvalue weighted by atomic mass is 19.3. The van der Waals surface area contributed by atoms with Crippen molar-refractivity contribution in [2.75, 3.05) is 0 Å². The van der Waals surface area contributed by atoms with Crippen molar-refractivity contribution in [2.24, 2.45) is 0 Å². The third-order valence-corrected chi connectivity index (χ3v) is 3.09. The van der Waals surface area contributed by atoms with Gasteiger partial charge >= 0.3 is 5.97 Å². The predicted molar refractivity (Wildman–Crippen MR) is 59.1 cm³/mol. The second-order valence-corrected chi connectivity index (χ2v) is 4.46. The lowest BCUT2D eigenvalue weighted by atomic mass is 10.1. The Bertz CT molecular complexity index is 632. The van der Waals surface area contributed by atoms with Gasteiger partial charge in [-0.25, -0.2) is 18.6 Å². The van der Waals surface area contributed by atoms with Gasteiger partial charge in [0.1, 0.15) is 11.3 Å². The highest BCUT2D eigenvalue weighted by Gasteiger charge is 2.28. The summed E-state index contributed by atoms with van der Waals surface area (Å²) in [5, 5.41) is 9.01. The van der Waals surface area contributed by atoms with Crippen molar-refractivity contribution in [2.45, 2.75) is 25.2 Å². The molecule has 1 saturated carbocycles. The maximum atomic E-state index is 12.6. The van der Waals surface area contributed by atoms with E-state index in [-0.39, 0.29) is 17.2 Å². The molecule has 94 valence electrons. The molecule has 0 atom stereocenters. The molecule has 3 rings (SSSR count). The van der Waals surface area contributed by atoms with Crippen LogP contribution in [0.4, 0.5) is 8.78 Å². The molecule has 0 unspecified atom stereocenters. The van der Waals surface area contributed by atoms with Crippen LogP contribution < -0.4 is 0 Å². The summed E-state index contributed by atoms with van der Waals surface area (Å²) in [6, 6.07) is 1.54. The van der Waals surface area contributed by atoms with E-state index < -0.39 is 12.4 Å². The summed E-state index contributed by atoms with van der Waals surface area (Å²) >= 11 is 0. The highest BCUT2D eigenvalue weighted by molar-refractivity contribution is 5.88. The first-order valence-corrected chi connectivity index (χ1v) is 5.60. The van der Waals surface area contributed by atoms with Crippen LogP contribution >= 0.6 is 0 Å². The normalized spacial score (nSPS) is 15.5. The fourth-order valence-electron chi connectivity index (χ4n) is 2.06. The van der Waals surface area contributed by atoms with Crippen molar-refractivity contribution in [3.8, 4) is 0 Å². The molecule has 0 saturated heterocycles. The van der Waals surface area contributed by atoms with Gasteiger partial charge in [0.2, 0.25) is 0 Å². The zero-order chi connectivity index (χ0) is 12.9. The number of carboxylic acid groups (broad SMARTS) is 1. The van der Waals surface area contributed by atoms with Gasteiger partial charge in [-0.15, -0.1) is 0 Å². The predicted octanol–water partition coefficient (Wildman–Crippen LogP) is 2.85. The molecule has 0 radical (unpaired) electrons. The summed E-state index contributed by atoms with van der Waals surface area (Å²) in [4.78, 5) is 14.9. The molecule has 2 aromatic rings. The first-order valence-electron chi connectivity index (χ1n) is 5.60. The number of pyridine rings is 1. The summed E-state index contributed by atoms with van der Waals surface area (Å²) < 4.78 is 26.6. The highest BCUT2D eigenvalue weighted by Crippen LogP contribution is 2.42. The van der Waals surface area contributed by atoms with E-state index in [2.05, 4.69) is 4.98 Å². The van der Waals surface area contributed by atoms with Crippen LogP contribution in [-0.2, 0) is 0 Å². The molecule has 0 aliphatic heterocycles. The lowest BCUT2D eigenvalue weighted by Gasteiger charge is -2.03. The van der Waals surface area contributed by atoms with Gasteiger partial charge in [-0.2, -0.15) is 0 Å². The van der Waals surface area contributed by atoms with Crippen LogP contribution in [0.5, 0.6) is 0 Å². The van der Waals surface area contributed by atoms with Crippen LogP contribution in [0, 0.1) is 0 Å². The Balaban J connectivity index is 2.24. The molecule has 0 amide bonds. The van der Waals surface area contributed by atoms with Crippen molar-refractivity contribution >= 4 is 11.6 Å². The van der Waals surface area contributed by atoms with Crippen LogP contribution in [0.3, 0.4) is 0 Å². The van der Waals surface area contributed by atoms with Gasteiger partial charge in [0.25, 0.3) is 6.43 Å². The summed E-state index contributed by atoms with van der Waals surface area (Å²) in [6.45, 7) is 0. The van der Waals surface area contributed by atoms with Gasteiger partial charge in [0.15, 0.2) is 0 Å². The number of imidazole rings is 1. The summed E-state index contributed by atoms with van der Waals surface area (Å²) in [7, 11) is 0. The molecule has 0 bridgehead atoms. The number of carboxylic acids is 1. The van der Waals surface area contributed by atoms with Gasteiger partial charge < -0.3 is 9.51 Å². The van der Waals surface area contributed by atoms with E-state index in [1.54, 1.807) is 0 Å². The number of alkyl halides is 2. The number of halogens is 2. The number of fused-ring (bicyclic) bond motifs is 1. The minimum atomic E-state index is -2.65. The van der Waals surface area contributed by atoms with E-state index in [0.29, 0.717) is 5.65 Å². The molecule has 0 aromatic carbocycles. The zero-order valence-corrected chi connectivity index (χ0v) is 9.31. The third-order valence-electron chi connectivity index (χ3n) is 3.09. The summed E-state index contributed by atoms with van der Waals surface area (Å²) in [6.07, 6.45) is 1.77. The Morgan fingerprint density at radius 1 is 1.44 bits per heavy atom. The maximum Gasteiger partial charge on any atom is 0.337 e. The monoisotopic (exact) mass is 252 g/mol. The van der Waals surface area contributed by atoms with Crippen molar-refractivity contribution < 1.29 is 18.7 Å². The topological polar surface area (TPSA) is 54.6 Å². The van der Waals surface area contributed by atoms with E-state index in [0.717, 1.165) is 18.4 Å². The molecule has 1 aliphatic carbocycles. The molecule has 6 heteroatoms. The molecule has 2 heterocycles. The van der Waals surface area contributed by atoms with Crippen molar-refractivity contribution in [1.29, 1.82) is 0 Å². The number of hydrogen-bond donors (Lipinski definition) is 1. The average molecular weight is 252 g/mol.